The Morgan fingerprint density at radius 3 is 2.80 bits per heavy atom. The summed E-state index contributed by atoms with van der Waals surface area (Å²) in [6.07, 6.45) is 6.97. The SMILES string of the molecule is CN1CCCC2(CCN(C(=O)c3cnc(CN4CCCC4)s3)C2)C1=O. The van der Waals surface area contributed by atoms with E-state index in [0.29, 0.717) is 18.0 Å². The Hall–Kier alpha value is -1.47. The highest BCUT2D eigenvalue weighted by Crippen LogP contribution is 2.40. The largest absolute Gasteiger partial charge is 0.345 e. The van der Waals surface area contributed by atoms with Gasteiger partial charge >= 0.3 is 0 Å². The number of aromatic nitrogens is 1. The summed E-state index contributed by atoms with van der Waals surface area (Å²) in [7, 11) is 1.88. The Labute approximate surface area is 152 Å². The minimum atomic E-state index is -0.342. The van der Waals surface area contributed by atoms with Crippen LogP contribution < -0.4 is 0 Å². The van der Waals surface area contributed by atoms with E-state index >= 15 is 0 Å². The molecule has 0 bridgehead atoms. The number of carbonyl (C=O) groups is 2. The predicted octanol–water partition coefficient (Wildman–Crippen LogP) is 1.82. The molecule has 4 rings (SSSR count). The van der Waals surface area contributed by atoms with E-state index in [2.05, 4.69) is 9.88 Å². The van der Waals surface area contributed by atoms with Crippen LogP contribution in [0.25, 0.3) is 0 Å². The number of rotatable bonds is 3. The zero-order valence-corrected chi connectivity index (χ0v) is 15.7. The lowest BCUT2D eigenvalue weighted by Crippen LogP contribution is -2.48. The second-order valence-electron chi connectivity index (χ2n) is 7.69. The summed E-state index contributed by atoms with van der Waals surface area (Å²) >= 11 is 1.51. The maximum atomic E-state index is 12.9. The van der Waals surface area contributed by atoms with Crippen molar-refractivity contribution in [3.8, 4) is 0 Å². The van der Waals surface area contributed by atoms with Crippen LogP contribution in [0, 0.1) is 5.41 Å². The molecule has 1 spiro atoms. The maximum absolute atomic E-state index is 12.9. The van der Waals surface area contributed by atoms with E-state index in [0.717, 1.165) is 50.4 Å². The molecular weight excluding hydrogens is 336 g/mol. The van der Waals surface area contributed by atoms with Crippen molar-refractivity contribution < 1.29 is 9.59 Å². The summed E-state index contributed by atoms with van der Waals surface area (Å²) in [5.74, 6) is 0.260. The Kier molecular flexibility index (Phi) is 4.54. The second-order valence-corrected chi connectivity index (χ2v) is 8.80. The molecule has 3 fully saturated rings. The van der Waals surface area contributed by atoms with Gasteiger partial charge in [-0.2, -0.15) is 0 Å². The van der Waals surface area contributed by atoms with E-state index < -0.39 is 0 Å². The molecule has 1 atom stereocenters. The van der Waals surface area contributed by atoms with Crippen LogP contribution in [-0.4, -0.2) is 71.3 Å². The van der Waals surface area contributed by atoms with Crippen LogP contribution in [0.3, 0.4) is 0 Å². The van der Waals surface area contributed by atoms with Gasteiger partial charge in [-0.1, -0.05) is 0 Å². The molecule has 0 radical (unpaired) electrons. The molecule has 1 aromatic heterocycles. The van der Waals surface area contributed by atoms with Crippen LogP contribution in [0.15, 0.2) is 6.20 Å². The number of carbonyl (C=O) groups excluding carboxylic acids is 2. The van der Waals surface area contributed by atoms with Gasteiger partial charge in [-0.05, 0) is 45.2 Å². The van der Waals surface area contributed by atoms with Crippen molar-refractivity contribution in [2.24, 2.45) is 5.41 Å². The molecule has 7 heteroatoms. The number of nitrogens with zero attached hydrogens (tertiary/aromatic N) is 4. The summed E-state index contributed by atoms with van der Waals surface area (Å²) < 4.78 is 0. The molecule has 2 amide bonds. The highest BCUT2D eigenvalue weighted by atomic mass is 32.1. The van der Waals surface area contributed by atoms with Crippen LogP contribution >= 0.6 is 11.3 Å². The number of hydrogen-bond donors (Lipinski definition) is 0. The van der Waals surface area contributed by atoms with Gasteiger partial charge in [-0.3, -0.25) is 14.5 Å². The minimum Gasteiger partial charge on any atom is -0.345 e. The molecule has 25 heavy (non-hydrogen) atoms. The van der Waals surface area contributed by atoms with Crippen molar-refractivity contribution >= 4 is 23.2 Å². The average Bonchev–Trinajstić information content (AvgIpc) is 3.34. The fourth-order valence-electron chi connectivity index (χ4n) is 4.46. The van der Waals surface area contributed by atoms with Gasteiger partial charge in [-0.25, -0.2) is 4.98 Å². The molecule has 6 nitrogen and oxygen atoms in total. The van der Waals surface area contributed by atoms with Crippen molar-refractivity contribution in [1.29, 1.82) is 0 Å². The van der Waals surface area contributed by atoms with Gasteiger partial charge in [-0.15, -0.1) is 11.3 Å². The third-order valence-corrected chi connectivity index (χ3v) is 6.88. The Bertz CT molecular complexity index is 670. The summed E-state index contributed by atoms with van der Waals surface area (Å²) in [6.45, 7) is 5.20. The molecule has 0 aliphatic carbocycles. The Morgan fingerprint density at radius 1 is 1.20 bits per heavy atom. The van der Waals surface area contributed by atoms with Crippen molar-refractivity contribution in [1.82, 2.24) is 19.7 Å². The normalized spacial score (nSPS) is 27.6. The first-order valence-corrected chi connectivity index (χ1v) is 10.1. The van der Waals surface area contributed by atoms with Crippen LogP contribution in [0.4, 0.5) is 0 Å². The topological polar surface area (TPSA) is 56.8 Å². The molecular formula is C18H26N4O2S. The summed E-state index contributed by atoms with van der Waals surface area (Å²) in [5.41, 5.74) is -0.342. The molecule has 3 aliphatic rings. The summed E-state index contributed by atoms with van der Waals surface area (Å²) in [5, 5.41) is 1.02. The molecule has 1 aromatic rings. The fraction of sp³-hybridized carbons (Fsp3) is 0.722. The second kappa shape index (κ2) is 6.68. The van der Waals surface area contributed by atoms with Crippen LogP contribution in [0.5, 0.6) is 0 Å². The third-order valence-electron chi connectivity index (χ3n) is 5.91. The molecule has 3 saturated heterocycles. The van der Waals surface area contributed by atoms with E-state index in [1.807, 2.05) is 16.8 Å². The van der Waals surface area contributed by atoms with Crippen molar-refractivity contribution in [3.05, 3.63) is 16.1 Å². The van der Waals surface area contributed by atoms with E-state index in [4.69, 9.17) is 0 Å². The lowest BCUT2D eigenvalue weighted by molar-refractivity contribution is -0.143. The zero-order chi connectivity index (χ0) is 17.4. The van der Waals surface area contributed by atoms with Gasteiger partial charge in [0.15, 0.2) is 0 Å². The first kappa shape index (κ1) is 17.0. The van der Waals surface area contributed by atoms with Crippen molar-refractivity contribution in [2.45, 2.75) is 38.6 Å². The predicted molar refractivity (Wildman–Crippen MR) is 96.4 cm³/mol. The molecule has 0 N–H and O–H groups in total. The number of thiazole rings is 1. The maximum Gasteiger partial charge on any atom is 0.265 e. The standard InChI is InChI=1S/C18H26N4O2S/c1-20-7-4-5-18(17(20)24)6-10-22(13-18)16(23)14-11-19-15(25-14)12-21-8-2-3-9-21/h11H,2-10,12-13H2,1H3. The van der Waals surface area contributed by atoms with E-state index in [1.165, 1.54) is 24.2 Å². The summed E-state index contributed by atoms with van der Waals surface area (Å²) in [6, 6.07) is 0. The minimum absolute atomic E-state index is 0.0445. The van der Waals surface area contributed by atoms with E-state index in [-0.39, 0.29) is 17.2 Å². The van der Waals surface area contributed by atoms with Crippen molar-refractivity contribution in [3.63, 3.8) is 0 Å². The van der Waals surface area contributed by atoms with Gasteiger partial charge < -0.3 is 9.80 Å². The highest BCUT2D eigenvalue weighted by Gasteiger charge is 2.48. The number of likely N-dealkylation sites (tertiary alicyclic amines) is 3. The first-order valence-electron chi connectivity index (χ1n) is 9.29. The molecule has 3 aliphatic heterocycles. The first-order chi connectivity index (χ1) is 12.1. The molecule has 136 valence electrons. The van der Waals surface area contributed by atoms with E-state index in [9.17, 15) is 9.59 Å². The molecule has 0 aromatic carbocycles. The highest BCUT2D eigenvalue weighted by molar-refractivity contribution is 7.13. The zero-order valence-electron chi connectivity index (χ0n) is 14.9. The van der Waals surface area contributed by atoms with Crippen LogP contribution in [-0.2, 0) is 11.3 Å². The van der Waals surface area contributed by atoms with E-state index in [1.54, 1.807) is 6.20 Å². The monoisotopic (exact) mass is 362 g/mol. The Morgan fingerprint density at radius 2 is 2.00 bits per heavy atom. The number of hydrogen-bond acceptors (Lipinski definition) is 5. The van der Waals surface area contributed by atoms with Gasteiger partial charge in [0, 0.05) is 26.7 Å². The lowest BCUT2D eigenvalue weighted by Gasteiger charge is -2.37. The van der Waals surface area contributed by atoms with Crippen LogP contribution in [0.1, 0.15) is 46.8 Å². The van der Waals surface area contributed by atoms with Crippen molar-refractivity contribution in [2.75, 3.05) is 39.8 Å². The lowest BCUT2D eigenvalue weighted by atomic mass is 9.78. The molecule has 1 unspecified atom stereocenters. The van der Waals surface area contributed by atoms with Gasteiger partial charge in [0.2, 0.25) is 5.91 Å². The fourth-order valence-corrected chi connectivity index (χ4v) is 5.39. The smallest absolute Gasteiger partial charge is 0.265 e. The molecule has 0 saturated carbocycles. The quantitative estimate of drug-likeness (QED) is 0.823. The molecule has 4 heterocycles. The van der Waals surface area contributed by atoms with Gasteiger partial charge in [0.1, 0.15) is 9.88 Å². The Balaban J connectivity index is 1.41. The number of piperidine rings is 1. The average molecular weight is 362 g/mol. The number of amides is 2. The van der Waals surface area contributed by atoms with Gasteiger partial charge in [0.05, 0.1) is 18.2 Å². The van der Waals surface area contributed by atoms with Crippen LogP contribution in [0.2, 0.25) is 0 Å². The van der Waals surface area contributed by atoms with Gasteiger partial charge in [0.25, 0.3) is 5.91 Å². The third kappa shape index (κ3) is 3.19. The summed E-state index contributed by atoms with van der Waals surface area (Å²) in [4.78, 5) is 36.8.